The smallest absolute Gasteiger partial charge is 0.292 e. The third-order valence-electron chi connectivity index (χ3n) is 5.17. The van der Waals surface area contributed by atoms with Gasteiger partial charge in [0.1, 0.15) is 16.5 Å². The second-order valence-corrected chi connectivity index (χ2v) is 7.58. The lowest BCUT2D eigenvalue weighted by molar-refractivity contribution is -0.125. The van der Waals surface area contributed by atoms with E-state index in [9.17, 15) is 18.4 Å². The van der Waals surface area contributed by atoms with Crippen molar-refractivity contribution >= 4 is 23.2 Å². The van der Waals surface area contributed by atoms with Crippen LogP contribution in [-0.2, 0) is 4.79 Å². The fourth-order valence-corrected chi connectivity index (χ4v) is 3.65. The van der Waals surface area contributed by atoms with Crippen LogP contribution in [0.4, 0.5) is 14.5 Å². The molecule has 2 aliphatic rings. The van der Waals surface area contributed by atoms with Crippen molar-refractivity contribution in [3.05, 3.63) is 51.4 Å². The molecular weight excluding hydrogens is 390 g/mol. The van der Waals surface area contributed by atoms with E-state index in [1.807, 2.05) is 4.90 Å². The molecule has 2 aromatic rings. The molecule has 0 radical (unpaired) electrons. The van der Waals surface area contributed by atoms with Crippen LogP contribution in [0.25, 0.3) is 5.69 Å². The topological polar surface area (TPSA) is 67.2 Å². The first-order valence-corrected chi connectivity index (χ1v) is 9.60. The first-order chi connectivity index (χ1) is 13.4. The summed E-state index contributed by atoms with van der Waals surface area (Å²) >= 11 is 6.25. The maximum atomic E-state index is 14.0. The number of anilines is 1. The Morgan fingerprint density at radius 2 is 1.86 bits per heavy atom. The van der Waals surface area contributed by atoms with E-state index in [1.54, 1.807) is 0 Å². The van der Waals surface area contributed by atoms with Gasteiger partial charge in [0.05, 0.1) is 11.9 Å². The number of hydrogen-bond acceptors (Lipinski definition) is 4. The van der Waals surface area contributed by atoms with Crippen molar-refractivity contribution in [1.82, 2.24) is 15.1 Å². The molecule has 1 aromatic heterocycles. The molecule has 0 unspecified atom stereocenters. The number of carbonyl (C=O) groups is 1. The van der Waals surface area contributed by atoms with E-state index in [1.165, 1.54) is 6.20 Å². The van der Waals surface area contributed by atoms with E-state index in [0.29, 0.717) is 43.7 Å². The van der Waals surface area contributed by atoms with Gasteiger partial charge in [-0.25, -0.2) is 8.78 Å². The quantitative estimate of drug-likeness (QED) is 0.844. The molecule has 0 atom stereocenters. The maximum Gasteiger partial charge on any atom is 0.292 e. The molecule has 1 aliphatic carbocycles. The Morgan fingerprint density at radius 3 is 2.50 bits per heavy atom. The van der Waals surface area contributed by atoms with Gasteiger partial charge in [-0.2, -0.15) is 9.78 Å². The van der Waals surface area contributed by atoms with Crippen molar-refractivity contribution in [3.8, 4) is 5.69 Å². The zero-order valence-electron chi connectivity index (χ0n) is 15.0. The Labute approximate surface area is 165 Å². The fourth-order valence-electron chi connectivity index (χ4n) is 3.40. The number of piperidine rings is 1. The minimum Gasteiger partial charge on any atom is -0.369 e. The Bertz CT molecular complexity index is 969. The van der Waals surface area contributed by atoms with Crippen LogP contribution >= 0.6 is 11.6 Å². The number of aromatic nitrogens is 2. The zero-order valence-corrected chi connectivity index (χ0v) is 15.8. The second-order valence-electron chi connectivity index (χ2n) is 7.20. The molecule has 4 rings (SSSR count). The minimum atomic E-state index is -0.902. The van der Waals surface area contributed by atoms with Gasteiger partial charge in [-0.1, -0.05) is 11.6 Å². The summed E-state index contributed by atoms with van der Waals surface area (Å²) in [6.07, 6.45) is 4.82. The molecule has 1 aromatic carbocycles. The van der Waals surface area contributed by atoms with Gasteiger partial charge in [0.25, 0.3) is 5.56 Å². The van der Waals surface area contributed by atoms with Gasteiger partial charge in [0.15, 0.2) is 5.82 Å². The van der Waals surface area contributed by atoms with Crippen molar-refractivity contribution in [3.63, 3.8) is 0 Å². The highest BCUT2D eigenvalue weighted by Gasteiger charge is 2.30. The lowest BCUT2D eigenvalue weighted by atomic mass is 9.95. The van der Waals surface area contributed by atoms with E-state index in [0.717, 1.165) is 29.7 Å². The molecule has 6 nitrogen and oxygen atoms in total. The van der Waals surface area contributed by atoms with Crippen molar-refractivity contribution in [2.75, 3.05) is 18.0 Å². The summed E-state index contributed by atoms with van der Waals surface area (Å²) in [5.74, 6) is -1.60. The van der Waals surface area contributed by atoms with E-state index in [4.69, 9.17) is 11.6 Å². The van der Waals surface area contributed by atoms with Gasteiger partial charge in [-0.05, 0) is 37.8 Å². The third kappa shape index (κ3) is 3.73. The highest BCUT2D eigenvalue weighted by Crippen LogP contribution is 2.28. The van der Waals surface area contributed by atoms with E-state index < -0.39 is 17.2 Å². The lowest BCUT2D eigenvalue weighted by Crippen LogP contribution is -2.41. The van der Waals surface area contributed by atoms with E-state index in [-0.39, 0.29) is 22.5 Å². The number of halogens is 3. The van der Waals surface area contributed by atoms with Gasteiger partial charge in [-0.15, -0.1) is 0 Å². The van der Waals surface area contributed by atoms with Gasteiger partial charge >= 0.3 is 0 Å². The molecule has 1 aliphatic heterocycles. The molecule has 28 heavy (non-hydrogen) atoms. The molecular formula is C19H19ClF2N4O2. The average Bonchev–Trinajstić information content (AvgIpc) is 3.49. The Morgan fingerprint density at radius 1 is 1.14 bits per heavy atom. The highest BCUT2D eigenvalue weighted by atomic mass is 35.5. The Balaban J connectivity index is 1.51. The normalized spacial score (nSPS) is 17.6. The average molecular weight is 409 g/mol. The number of carbonyl (C=O) groups excluding carboxylic acids is 1. The molecule has 1 N–H and O–H groups in total. The minimum absolute atomic E-state index is 0.0442. The second kappa shape index (κ2) is 7.50. The fraction of sp³-hybridized carbons (Fsp3) is 0.421. The number of hydrogen-bond donors (Lipinski definition) is 1. The number of nitrogens with one attached hydrogen (secondary N) is 1. The van der Waals surface area contributed by atoms with Gasteiger partial charge in [0.2, 0.25) is 5.91 Å². The molecule has 9 heteroatoms. The van der Waals surface area contributed by atoms with Crippen LogP contribution in [-0.4, -0.2) is 34.8 Å². The number of benzene rings is 1. The largest absolute Gasteiger partial charge is 0.369 e. The summed E-state index contributed by atoms with van der Waals surface area (Å²) in [6, 6.07) is 3.21. The van der Waals surface area contributed by atoms with Crippen molar-refractivity contribution in [1.29, 1.82) is 0 Å². The molecule has 0 spiro atoms. The van der Waals surface area contributed by atoms with Crippen LogP contribution < -0.4 is 15.8 Å². The molecule has 1 saturated carbocycles. The lowest BCUT2D eigenvalue weighted by Gasteiger charge is -2.33. The first-order valence-electron chi connectivity index (χ1n) is 9.22. The van der Waals surface area contributed by atoms with Crippen molar-refractivity contribution < 1.29 is 13.6 Å². The van der Waals surface area contributed by atoms with Gasteiger partial charge < -0.3 is 10.2 Å². The van der Waals surface area contributed by atoms with E-state index in [2.05, 4.69) is 10.4 Å². The summed E-state index contributed by atoms with van der Waals surface area (Å²) < 4.78 is 27.9. The van der Waals surface area contributed by atoms with Gasteiger partial charge in [0, 0.05) is 31.1 Å². The van der Waals surface area contributed by atoms with Crippen LogP contribution in [0.2, 0.25) is 5.02 Å². The van der Waals surface area contributed by atoms with Crippen LogP contribution in [0.15, 0.2) is 29.2 Å². The Hall–Kier alpha value is -2.48. The number of amides is 1. The summed E-state index contributed by atoms with van der Waals surface area (Å²) in [6.45, 7) is 1.14. The molecule has 2 heterocycles. The van der Waals surface area contributed by atoms with Crippen LogP contribution in [0.1, 0.15) is 25.7 Å². The SMILES string of the molecule is O=C(NC1CC1)C1CCN(c2cnn(-c3ccc(F)cc3F)c(=O)c2Cl)CC1. The summed E-state index contributed by atoms with van der Waals surface area (Å²) in [4.78, 5) is 26.7. The highest BCUT2D eigenvalue weighted by molar-refractivity contribution is 6.33. The van der Waals surface area contributed by atoms with Gasteiger partial charge in [-0.3, -0.25) is 9.59 Å². The molecule has 1 amide bonds. The summed E-state index contributed by atoms with van der Waals surface area (Å²) in [7, 11) is 0. The van der Waals surface area contributed by atoms with Crippen molar-refractivity contribution in [2.24, 2.45) is 5.92 Å². The monoisotopic (exact) mass is 408 g/mol. The third-order valence-corrected chi connectivity index (χ3v) is 5.52. The maximum absolute atomic E-state index is 14.0. The standard InChI is InChI=1S/C19H19ClF2N4O2/c20-17-16(25-7-5-11(6-8-25)18(27)24-13-2-3-13)10-23-26(19(17)28)15-4-1-12(21)9-14(15)22/h1,4,9-11,13H,2-3,5-8H2,(H,24,27). The molecule has 1 saturated heterocycles. The van der Waals surface area contributed by atoms with Crippen LogP contribution in [0.3, 0.4) is 0 Å². The first kappa shape index (κ1) is 18.9. The zero-order chi connectivity index (χ0) is 19.8. The Kier molecular flexibility index (Phi) is 5.05. The summed E-state index contributed by atoms with van der Waals surface area (Å²) in [5.41, 5.74) is -0.403. The van der Waals surface area contributed by atoms with Crippen LogP contribution in [0.5, 0.6) is 0 Å². The predicted octanol–water partition coefficient (Wildman–Crippen LogP) is 2.66. The number of rotatable bonds is 4. The summed E-state index contributed by atoms with van der Waals surface area (Å²) in [5, 5.41) is 6.95. The van der Waals surface area contributed by atoms with E-state index >= 15 is 0 Å². The predicted molar refractivity (Wildman–Crippen MR) is 101 cm³/mol. The molecule has 148 valence electrons. The van der Waals surface area contributed by atoms with Crippen molar-refractivity contribution in [2.45, 2.75) is 31.7 Å². The van der Waals surface area contributed by atoms with Crippen LogP contribution in [0, 0.1) is 17.6 Å². The molecule has 2 fully saturated rings. The number of nitrogens with zero attached hydrogens (tertiary/aromatic N) is 3. The molecule has 0 bridgehead atoms.